The van der Waals surface area contributed by atoms with Crippen molar-refractivity contribution in [3.63, 3.8) is 0 Å². The molecule has 0 spiro atoms. The molecular weight excluding hydrogens is 446 g/mol. The minimum absolute atomic E-state index is 0.201. The van der Waals surface area contributed by atoms with E-state index in [0.29, 0.717) is 12.1 Å². The SMILES string of the molecule is CC(C)c1ccc(C(=O)Nc2ccc(-c3ccc(N)cc3C(F)(F)F)c(C(F)(F)F)c2)cc1. The highest BCUT2D eigenvalue weighted by Gasteiger charge is 2.38. The normalized spacial score (nSPS) is 12.2. The minimum atomic E-state index is -4.97. The molecule has 1 amide bonds. The molecule has 9 heteroatoms. The number of halogens is 6. The average molecular weight is 466 g/mol. The molecule has 0 aliphatic rings. The zero-order valence-corrected chi connectivity index (χ0v) is 17.6. The fourth-order valence-corrected chi connectivity index (χ4v) is 3.35. The maximum Gasteiger partial charge on any atom is 0.417 e. The molecule has 0 atom stereocenters. The predicted molar refractivity (Wildman–Crippen MR) is 115 cm³/mol. The van der Waals surface area contributed by atoms with Gasteiger partial charge < -0.3 is 11.1 Å². The van der Waals surface area contributed by atoms with Gasteiger partial charge in [-0.1, -0.05) is 38.1 Å². The molecule has 0 saturated heterocycles. The van der Waals surface area contributed by atoms with Crippen LogP contribution in [0, 0.1) is 0 Å². The third-order valence-electron chi connectivity index (χ3n) is 5.06. The van der Waals surface area contributed by atoms with E-state index in [1.807, 2.05) is 13.8 Å². The zero-order valence-electron chi connectivity index (χ0n) is 17.6. The van der Waals surface area contributed by atoms with Crippen LogP contribution in [0.5, 0.6) is 0 Å². The molecule has 0 heterocycles. The summed E-state index contributed by atoms with van der Waals surface area (Å²) in [6.45, 7) is 3.95. The second-order valence-electron chi connectivity index (χ2n) is 7.79. The van der Waals surface area contributed by atoms with Crippen molar-refractivity contribution in [2.45, 2.75) is 32.1 Å². The number of carbonyl (C=O) groups excluding carboxylic acids is 1. The number of nitrogens with one attached hydrogen (secondary N) is 1. The highest BCUT2D eigenvalue weighted by atomic mass is 19.4. The first kappa shape index (κ1) is 24.2. The summed E-state index contributed by atoms with van der Waals surface area (Å²) < 4.78 is 81.7. The number of amides is 1. The van der Waals surface area contributed by atoms with Crippen molar-refractivity contribution in [2.24, 2.45) is 0 Å². The van der Waals surface area contributed by atoms with Gasteiger partial charge in [0.15, 0.2) is 0 Å². The van der Waals surface area contributed by atoms with Gasteiger partial charge in [-0.05, 0) is 59.0 Å². The van der Waals surface area contributed by atoms with Gasteiger partial charge in [0.2, 0.25) is 0 Å². The van der Waals surface area contributed by atoms with Crippen LogP contribution in [0.15, 0.2) is 60.7 Å². The van der Waals surface area contributed by atoms with Crippen LogP contribution in [0.4, 0.5) is 37.7 Å². The van der Waals surface area contributed by atoms with Gasteiger partial charge in [0.05, 0.1) is 11.1 Å². The fraction of sp³-hybridized carbons (Fsp3) is 0.208. The molecule has 0 aliphatic carbocycles. The summed E-state index contributed by atoms with van der Waals surface area (Å²) in [6, 6.07) is 11.8. The second kappa shape index (κ2) is 8.80. The Bertz CT molecular complexity index is 1170. The van der Waals surface area contributed by atoms with Gasteiger partial charge in [-0.15, -0.1) is 0 Å². The first-order valence-electron chi connectivity index (χ1n) is 9.87. The Hall–Kier alpha value is -3.49. The number of hydrogen-bond donors (Lipinski definition) is 2. The molecule has 33 heavy (non-hydrogen) atoms. The standard InChI is InChI=1S/C24H20F6N2O/c1-13(2)14-3-5-15(6-4-14)22(33)32-17-8-10-19(21(12-17)24(28,29)30)18-9-7-16(31)11-20(18)23(25,26)27/h3-13H,31H2,1-2H3,(H,32,33). The van der Waals surface area contributed by atoms with Crippen molar-refractivity contribution in [3.8, 4) is 11.1 Å². The summed E-state index contributed by atoms with van der Waals surface area (Å²) in [6.07, 6.45) is -9.89. The van der Waals surface area contributed by atoms with E-state index in [2.05, 4.69) is 5.32 Å². The Morgan fingerprint density at radius 3 is 1.82 bits per heavy atom. The quantitative estimate of drug-likeness (QED) is 0.312. The lowest BCUT2D eigenvalue weighted by Crippen LogP contribution is -2.15. The molecule has 3 nitrogen and oxygen atoms in total. The monoisotopic (exact) mass is 466 g/mol. The predicted octanol–water partition coefficient (Wildman–Crippen LogP) is 7.35. The lowest BCUT2D eigenvalue weighted by Gasteiger charge is -2.19. The number of nitrogen functional groups attached to an aromatic ring is 1. The topological polar surface area (TPSA) is 55.1 Å². The highest BCUT2D eigenvalue weighted by molar-refractivity contribution is 6.04. The van der Waals surface area contributed by atoms with E-state index in [-0.39, 0.29) is 22.9 Å². The van der Waals surface area contributed by atoms with Crippen LogP contribution in [-0.4, -0.2) is 5.91 Å². The molecule has 0 aromatic heterocycles. The van der Waals surface area contributed by atoms with Crippen molar-refractivity contribution in [1.29, 1.82) is 0 Å². The van der Waals surface area contributed by atoms with Gasteiger partial charge in [-0.25, -0.2) is 0 Å². The second-order valence-corrected chi connectivity index (χ2v) is 7.79. The van der Waals surface area contributed by atoms with E-state index in [0.717, 1.165) is 29.8 Å². The molecule has 174 valence electrons. The van der Waals surface area contributed by atoms with Crippen molar-refractivity contribution >= 4 is 17.3 Å². The van der Waals surface area contributed by atoms with Crippen LogP contribution in [0.2, 0.25) is 0 Å². The average Bonchev–Trinajstić information content (AvgIpc) is 2.72. The van der Waals surface area contributed by atoms with Crippen molar-refractivity contribution < 1.29 is 31.1 Å². The minimum Gasteiger partial charge on any atom is -0.399 e. The van der Waals surface area contributed by atoms with Gasteiger partial charge in [0.25, 0.3) is 5.91 Å². The number of nitrogens with two attached hydrogens (primary N) is 1. The number of hydrogen-bond acceptors (Lipinski definition) is 2. The van der Waals surface area contributed by atoms with Gasteiger partial charge in [-0.3, -0.25) is 4.79 Å². The molecule has 0 unspecified atom stereocenters. The summed E-state index contributed by atoms with van der Waals surface area (Å²) >= 11 is 0. The summed E-state index contributed by atoms with van der Waals surface area (Å²) in [5, 5.41) is 2.37. The molecule has 0 aliphatic heterocycles. The van der Waals surface area contributed by atoms with Gasteiger partial charge in [0, 0.05) is 16.9 Å². The summed E-state index contributed by atoms with van der Waals surface area (Å²) in [5.74, 6) is -0.409. The summed E-state index contributed by atoms with van der Waals surface area (Å²) in [7, 11) is 0. The summed E-state index contributed by atoms with van der Waals surface area (Å²) in [4.78, 5) is 12.5. The van der Waals surface area contributed by atoms with E-state index in [4.69, 9.17) is 5.73 Å². The molecule has 0 fully saturated rings. The van der Waals surface area contributed by atoms with E-state index in [9.17, 15) is 31.1 Å². The van der Waals surface area contributed by atoms with E-state index < -0.39 is 40.5 Å². The molecule has 0 bridgehead atoms. The van der Waals surface area contributed by atoms with Crippen LogP contribution in [0.25, 0.3) is 11.1 Å². The molecule has 3 rings (SSSR count). The van der Waals surface area contributed by atoms with Gasteiger partial charge in [-0.2, -0.15) is 26.3 Å². The molecule has 3 aromatic carbocycles. The van der Waals surface area contributed by atoms with E-state index in [1.54, 1.807) is 24.3 Å². The van der Waals surface area contributed by atoms with Crippen molar-refractivity contribution in [1.82, 2.24) is 0 Å². The summed E-state index contributed by atoms with van der Waals surface area (Å²) in [5.41, 5.74) is 2.27. The Balaban J connectivity index is 2.02. The van der Waals surface area contributed by atoms with Crippen LogP contribution in [0.3, 0.4) is 0 Å². The number of alkyl halides is 6. The first-order chi connectivity index (χ1) is 15.3. The molecule has 0 radical (unpaired) electrons. The zero-order chi connectivity index (χ0) is 24.6. The van der Waals surface area contributed by atoms with E-state index >= 15 is 0 Å². The number of carbonyl (C=O) groups is 1. The Morgan fingerprint density at radius 2 is 1.30 bits per heavy atom. The Labute approximate surface area is 186 Å². The third kappa shape index (κ3) is 5.47. The smallest absolute Gasteiger partial charge is 0.399 e. The van der Waals surface area contributed by atoms with Crippen LogP contribution >= 0.6 is 0 Å². The van der Waals surface area contributed by atoms with Gasteiger partial charge >= 0.3 is 12.4 Å². The molecule has 0 saturated carbocycles. The molecular formula is C24H20F6N2O. The lowest BCUT2D eigenvalue weighted by atomic mass is 9.93. The fourth-order valence-electron chi connectivity index (χ4n) is 3.35. The maximum absolute atomic E-state index is 13.8. The molecule has 3 N–H and O–H groups in total. The lowest BCUT2D eigenvalue weighted by molar-refractivity contribution is -0.139. The van der Waals surface area contributed by atoms with Crippen molar-refractivity contribution in [2.75, 3.05) is 11.1 Å². The maximum atomic E-state index is 13.8. The van der Waals surface area contributed by atoms with Crippen molar-refractivity contribution in [3.05, 3.63) is 82.9 Å². The van der Waals surface area contributed by atoms with E-state index in [1.165, 1.54) is 0 Å². The Kier molecular flexibility index (Phi) is 6.44. The number of rotatable bonds is 4. The number of anilines is 2. The first-order valence-corrected chi connectivity index (χ1v) is 9.87. The highest BCUT2D eigenvalue weighted by Crippen LogP contribution is 2.44. The number of benzene rings is 3. The van der Waals surface area contributed by atoms with Crippen LogP contribution < -0.4 is 11.1 Å². The van der Waals surface area contributed by atoms with Gasteiger partial charge in [0.1, 0.15) is 0 Å². The Morgan fingerprint density at radius 1 is 0.788 bits per heavy atom. The third-order valence-corrected chi connectivity index (χ3v) is 5.06. The van der Waals surface area contributed by atoms with Crippen LogP contribution in [-0.2, 0) is 12.4 Å². The van der Waals surface area contributed by atoms with Crippen LogP contribution in [0.1, 0.15) is 46.8 Å². The molecule has 3 aromatic rings. The largest absolute Gasteiger partial charge is 0.417 e.